The molecule has 98 valence electrons. The van der Waals surface area contributed by atoms with Gasteiger partial charge in [0.25, 0.3) is 5.91 Å². The van der Waals surface area contributed by atoms with Crippen molar-refractivity contribution in [1.29, 1.82) is 0 Å². The monoisotopic (exact) mass is 373 g/mol. The summed E-state index contributed by atoms with van der Waals surface area (Å²) in [5, 5.41) is 10.0. The zero-order chi connectivity index (χ0) is 13.8. The molecule has 1 heterocycles. The van der Waals surface area contributed by atoms with E-state index in [1.54, 1.807) is 0 Å². The number of rotatable bonds is 3. The number of hydrazine groups is 1. The molecule has 8 heteroatoms. The van der Waals surface area contributed by atoms with Crippen LogP contribution in [-0.4, -0.2) is 16.1 Å². The normalized spacial score (nSPS) is 10.1. The van der Waals surface area contributed by atoms with E-state index in [4.69, 9.17) is 5.84 Å². The Balaban J connectivity index is 2.15. The van der Waals surface area contributed by atoms with E-state index in [-0.39, 0.29) is 11.5 Å². The topological polar surface area (TPSA) is 92.9 Å². The number of anilines is 2. The Kier molecular flexibility index (Phi) is 4.22. The van der Waals surface area contributed by atoms with Crippen molar-refractivity contribution in [1.82, 2.24) is 10.2 Å². The molecule has 0 saturated heterocycles. The summed E-state index contributed by atoms with van der Waals surface area (Å²) in [6.07, 6.45) is 0. The SMILES string of the molecule is NNc1ccc(C(=O)Nc2ccc(F)cc2I)nn1. The van der Waals surface area contributed by atoms with Crippen molar-refractivity contribution in [3.05, 3.63) is 45.4 Å². The summed E-state index contributed by atoms with van der Waals surface area (Å²) in [4.78, 5) is 11.9. The molecular formula is C11H9FIN5O. The third-order valence-corrected chi connectivity index (χ3v) is 3.12. The highest BCUT2D eigenvalue weighted by Crippen LogP contribution is 2.19. The number of benzene rings is 1. The zero-order valence-corrected chi connectivity index (χ0v) is 11.7. The van der Waals surface area contributed by atoms with Gasteiger partial charge in [-0.25, -0.2) is 10.2 Å². The first-order chi connectivity index (χ1) is 9.10. The minimum Gasteiger partial charge on any atom is -0.320 e. The molecule has 0 spiro atoms. The molecule has 4 N–H and O–H groups in total. The highest BCUT2D eigenvalue weighted by molar-refractivity contribution is 14.1. The molecule has 0 aliphatic rings. The van der Waals surface area contributed by atoms with Crippen LogP contribution in [0.2, 0.25) is 0 Å². The summed E-state index contributed by atoms with van der Waals surface area (Å²) < 4.78 is 13.5. The number of nitrogens with one attached hydrogen (secondary N) is 2. The molecule has 2 aromatic rings. The minimum absolute atomic E-state index is 0.138. The molecule has 0 radical (unpaired) electrons. The lowest BCUT2D eigenvalue weighted by Crippen LogP contribution is -2.16. The quantitative estimate of drug-likeness (QED) is 0.433. The van der Waals surface area contributed by atoms with Crippen LogP contribution in [-0.2, 0) is 0 Å². The zero-order valence-electron chi connectivity index (χ0n) is 9.52. The molecule has 2 rings (SSSR count). The Bertz CT molecular complexity index is 605. The Labute approximate surface area is 121 Å². The fraction of sp³-hybridized carbons (Fsp3) is 0. The fourth-order valence-corrected chi connectivity index (χ4v) is 1.92. The van der Waals surface area contributed by atoms with Crippen LogP contribution < -0.4 is 16.6 Å². The lowest BCUT2D eigenvalue weighted by atomic mass is 10.3. The summed E-state index contributed by atoms with van der Waals surface area (Å²) in [6, 6.07) is 7.08. The molecule has 0 unspecified atom stereocenters. The van der Waals surface area contributed by atoms with E-state index in [0.717, 1.165) is 0 Å². The maximum Gasteiger partial charge on any atom is 0.276 e. The van der Waals surface area contributed by atoms with Crippen LogP contribution in [0.15, 0.2) is 30.3 Å². The summed E-state index contributed by atoms with van der Waals surface area (Å²) in [5.41, 5.74) is 2.96. The predicted molar refractivity (Wildman–Crippen MR) is 76.9 cm³/mol. The van der Waals surface area contributed by atoms with Crippen molar-refractivity contribution in [2.24, 2.45) is 5.84 Å². The molecule has 1 aromatic carbocycles. The van der Waals surface area contributed by atoms with Crippen molar-refractivity contribution >= 4 is 40.0 Å². The molecule has 0 aliphatic carbocycles. The molecule has 0 atom stereocenters. The van der Waals surface area contributed by atoms with E-state index < -0.39 is 5.91 Å². The smallest absolute Gasteiger partial charge is 0.276 e. The van der Waals surface area contributed by atoms with Crippen LogP contribution in [0.25, 0.3) is 0 Å². The average Bonchev–Trinajstić information content (AvgIpc) is 2.42. The summed E-state index contributed by atoms with van der Waals surface area (Å²) in [7, 11) is 0. The lowest BCUT2D eigenvalue weighted by Gasteiger charge is -2.07. The van der Waals surface area contributed by atoms with Gasteiger partial charge >= 0.3 is 0 Å². The number of nitrogens with two attached hydrogens (primary N) is 1. The Morgan fingerprint density at radius 1 is 1.26 bits per heavy atom. The van der Waals surface area contributed by atoms with Crippen molar-refractivity contribution in [3.8, 4) is 0 Å². The number of hydrogen-bond acceptors (Lipinski definition) is 5. The molecule has 0 aliphatic heterocycles. The maximum atomic E-state index is 12.9. The number of halogens is 2. The van der Waals surface area contributed by atoms with Crippen LogP contribution in [0.5, 0.6) is 0 Å². The van der Waals surface area contributed by atoms with Gasteiger partial charge in [0.2, 0.25) is 0 Å². The molecule has 0 bridgehead atoms. The number of aromatic nitrogens is 2. The van der Waals surface area contributed by atoms with Gasteiger partial charge in [0.15, 0.2) is 11.5 Å². The van der Waals surface area contributed by atoms with Crippen molar-refractivity contribution in [3.63, 3.8) is 0 Å². The van der Waals surface area contributed by atoms with Crippen molar-refractivity contribution in [2.75, 3.05) is 10.7 Å². The summed E-state index contributed by atoms with van der Waals surface area (Å²) in [5.74, 6) is 4.71. The van der Waals surface area contributed by atoms with Crippen LogP contribution in [0.4, 0.5) is 15.9 Å². The van der Waals surface area contributed by atoms with Gasteiger partial charge in [-0.3, -0.25) is 4.79 Å². The first kappa shape index (κ1) is 13.6. The number of carbonyl (C=O) groups is 1. The van der Waals surface area contributed by atoms with Crippen molar-refractivity contribution in [2.45, 2.75) is 0 Å². The molecule has 1 aromatic heterocycles. The van der Waals surface area contributed by atoms with Gasteiger partial charge in [0.1, 0.15) is 5.82 Å². The number of carbonyl (C=O) groups excluding carboxylic acids is 1. The second kappa shape index (κ2) is 5.89. The molecule has 19 heavy (non-hydrogen) atoms. The number of amides is 1. The van der Waals surface area contributed by atoms with E-state index >= 15 is 0 Å². The number of nitrogen functional groups attached to an aromatic ring is 1. The van der Waals surface area contributed by atoms with Crippen LogP contribution in [0.3, 0.4) is 0 Å². The van der Waals surface area contributed by atoms with Gasteiger partial charge in [0, 0.05) is 3.57 Å². The molecule has 0 saturated carbocycles. The number of hydrogen-bond donors (Lipinski definition) is 3. The third-order valence-electron chi connectivity index (χ3n) is 2.22. The van der Waals surface area contributed by atoms with E-state index in [1.165, 1.54) is 30.3 Å². The van der Waals surface area contributed by atoms with Crippen LogP contribution in [0.1, 0.15) is 10.5 Å². The largest absolute Gasteiger partial charge is 0.320 e. The van der Waals surface area contributed by atoms with Gasteiger partial charge in [-0.1, -0.05) is 0 Å². The van der Waals surface area contributed by atoms with Gasteiger partial charge < -0.3 is 10.7 Å². The highest BCUT2D eigenvalue weighted by Gasteiger charge is 2.10. The summed E-state index contributed by atoms with van der Waals surface area (Å²) in [6.45, 7) is 0. The second-order valence-corrected chi connectivity index (χ2v) is 4.69. The maximum absolute atomic E-state index is 12.9. The minimum atomic E-state index is -0.430. The Morgan fingerprint density at radius 3 is 2.63 bits per heavy atom. The third kappa shape index (κ3) is 3.35. The lowest BCUT2D eigenvalue weighted by molar-refractivity contribution is 0.102. The van der Waals surface area contributed by atoms with Gasteiger partial charge in [0.05, 0.1) is 5.69 Å². The highest BCUT2D eigenvalue weighted by atomic mass is 127. The van der Waals surface area contributed by atoms with Gasteiger partial charge in [-0.05, 0) is 52.9 Å². The van der Waals surface area contributed by atoms with Crippen LogP contribution >= 0.6 is 22.6 Å². The molecular weight excluding hydrogens is 364 g/mol. The van der Waals surface area contributed by atoms with E-state index in [2.05, 4.69) is 20.9 Å². The Hall–Kier alpha value is -1.81. The molecule has 0 fully saturated rings. The second-order valence-electron chi connectivity index (χ2n) is 3.53. The first-order valence-corrected chi connectivity index (χ1v) is 6.25. The van der Waals surface area contributed by atoms with Crippen molar-refractivity contribution < 1.29 is 9.18 Å². The predicted octanol–water partition coefficient (Wildman–Crippen LogP) is 1.76. The van der Waals surface area contributed by atoms with Gasteiger partial charge in [-0.15, -0.1) is 10.2 Å². The van der Waals surface area contributed by atoms with E-state index in [9.17, 15) is 9.18 Å². The summed E-state index contributed by atoms with van der Waals surface area (Å²) >= 11 is 1.93. The average molecular weight is 373 g/mol. The first-order valence-electron chi connectivity index (χ1n) is 5.17. The van der Waals surface area contributed by atoms with Crippen LogP contribution in [0, 0.1) is 9.39 Å². The Morgan fingerprint density at radius 2 is 2.05 bits per heavy atom. The van der Waals surface area contributed by atoms with Gasteiger partial charge in [-0.2, -0.15) is 0 Å². The number of nitrogens with zero attached hydrogens (tertiary/aromatic N) is 2. The fourth-order valence-electron chi connectivity index (χ4n) is 1.31. The standard InChI is InChI=1S/C11H9FIN5O/c12-6-1-2-8(7(13)5-6)15-11(19)9-3-4-10(16-14)18-17-9/h1-5H,14H2,(H,15,19)(H,16,18). The molecule has 6 nitrogen and oxygen atoms in total. The van der Waals surface area contributed by atoms with E-state index in [1.807, 2.05) is 22.6 Å². The van der Waals surface area contributed by atoms with E-state index in [0.29, 0.717) is 15.1 Å². The molecule has 1 amide bonds.